The van der Waals surface area contributed by atoms with Gasteiger partial charge in [0.15, 0.2) is 5.65 Å². The van der Waals surface area contributed by atoms with Crippen molar-refractivity contribution in [2.75, 3.05) is 7.11 Å². The Bertz CT molecular complexity index is 1850. The number of benzene rings is 4. The largest absolute Gasteiger partial charge is 0.497 e. The molecule has 5 nitrogen and oxygen atoms in total. The first-order valence-electron chi connectivity index (χ1n) is 11.2. The van der Waals surface area contributed by atoms with Crippen LogP contribution in [0.2, 0.25) is 0 Å². The summed E-state index contributed by atoms with van der Waals surface area (Å²) in [5.41, 5.74) is 7.07. The molecule has 0 saturated heterocycles. The maximum absolute atomic E-state index is 5.51. The third-order valence-electron chi connectivity index (χ3n) is 6.51. The average molecular weight is 441 g/mol. The van der Waals surface area contributed by atoms with E-state index in [1.54, 1.807) is 7.11 Å². The smallest absolute Gasteiger partial charge is 0.170 e. The van der Waals surface area contributed by atoms with Gasteiger partial charge in [0.25, 0.3) is 0 Å². The number of aromatic nitrogens is 4. The minimum absolute atomic E-state index is 0.802. The van der Waals surface area contributed by atoms with Crippen LogP contribution in [0.4, 0.5) is 0 Å². The van der Waals surface area contributed by atoms with Crippen molar-refractivity contribution in [3.63, 3.8) is 0 Å². The Morgan fingerprint density at radius 3 is 2.09 bits per heavy atom. The van der Waals surface area contributed by atoms with E-state index in [2.05, 4.69) is 88.0 Å². The Labute approximate surface area is 195 Å². The van der Waals surface area contributed by atoms with E-state index in [0.29, 0.717) is 0 Å². The van der Waals surface area contributed by atoms with Gasteiger partial charge in [-0.15, -0.1) is 10.2 Å². The molecule has 0 atom stereocenters. The molecule has 0 aliphatic carbocycles. The van der Waals surface area contributed by atoms with Crippen LogP contribution in [0.1, 0.15) is 0 Å². The van der Waals surface area contributed by atoms with E-state index in [1.165, 1.54) is 0 Å². The molecule has 4 aromatic carbocycles. The molecule has 0 saturated carbocycles. The first kappa shape index (κ1) is 18.9. The zero-order valence-corrected chi connectivity index (χ0v) is 18.5. The molecular formula is C29H20N4O. The zero-order valence-electron chi connectivity index (χ0n) is 18.5. The van der Waals surface area contributed by atoms with Crippen molar-refractivity contribution >= 4 is 43.9 Å². The van der Waals surface area contributed by atoms with Gasteiger partial charge in [0, 0.05) is 22.5 Å². The Hall–Kier alpha value is -4.64. The van der Waals surface area contributed by atoms with Gasteiger partial charge in [-0.2, -0.15) is 0 Å². The van der Waals surface area contributed by atoms with Crippen molar-refractivity contribution in [2.45, 2.75) is 0 Å². The number of fused-ring (bicyclic) bond motifs is 7. The van der Waals surface area contributed by atoms with Crippen LogP contribution in [-0.2, 0) is 0 Å². The van der Waals surface area contributed by atoms with E-state index in [0.717, 1.165) is 61.0 Å². The number of methoxy groups -OCH3 is 1. The van der Waals surface area contributed by atoms with Crippen LogP contribution in [0.3, 0.4) is 0 Å². The number of hydrogen-bond donors (Lipinski definition) is 0. The fourth-order valence-corrected chi connectivity index (χ4v) is 5.06. The molecule has 0 spiro atoms. The number of para-hydroxylation sites is 3. The van der Waals surface area contributed by atoms with Gasteiger partial charge in [0.05, 0.1) is 34.7 Å². The van der Waals surface area contributed by atoms with E-state index < -0.39 is 0 Å². The summed E-state index contributed by atoms with van der Waals surface area (Å²) in [6.07, 6.45) is 0. The molecule has 34 heavy (non-hydrogen) atoms. The van der Waals surface area contributed by atoms with Crippen LogP contribution < -0.4 is 4.74 Å². The molecule has 3 aromatic heterocycles. The second-order valence-corrected chi connectivity index (χ2v) is 8.34. The van der Waals surface area contributed by atoms with Gasteiger partial charge in [0.1, 0.15) is 11.3 Å². The van der Waals surface area contributed by atoms with Crippen LogP contribution in [-0.4, -0.2) is 26.4 Å². The predicted molar refractivity (Wildman–Crippen MR) is 137 cm³/mol. The molecule has 7 aromatic rings. The van der Waals surface area contributed by atoms with Crippen LogP contribution >= 0.6 is 0 Å². The van der Waals surface area contributed by atoms with Crippen molar-refractivity contribution in [3.05, 3.63) is 103 Å². The molecule has 0 N–H and O–H groups in total. The summed E-state index contributed by atoms with van der Waals surface area (Å²) in [6, 6.07) is 35.4. The van der Waals surface area contributed by atoms with Crippen molar-refractivity contribution < 1.29 is 4.74 Å². The summed E-state index contributed by atoms with van der Waals surface area (Å²) >= 11 is 0. The predicted octanol–water partition coefficient (Wildman–Crippen LogP) is 6.68. The molecule has 0 amide bonds. The molecule has 162 valence electrons. The van der Waals surface area contributed by atoms with Gasteiger partial charge in [-0.25, -0.2) is 0 Å². The van der Waals surface area contributed by atoms with E-state index >= 15 is 0 Å². The average Bonchev–Trinajstić information content (AvgIpc) is 3.42. The van der Waals surface area contributed by atoms with Crippen LogP contribution in [0.5, 0.6) is 5.75 Å². The van der Waals surface area contributed by atoms with Crippen molar-refractivity contribution in [1.82, 2.24) is 19.3 Å². The molecule has 7 rings (SSSR count). The standard InChI is InChI=1S/C29H20N4O/c1-34-21-13-9-12-20(18-21)33-24-16-7-5-14-22(24)26-28-27(30-31-29(26)33)23-15-6-8-17-25(23)32(28)19-10-3-2-4-11-19/h2-18H,1H3. The lowest BCUT2D eigenvalue weighted by Gasteiger charge is -2.09. The topological polar surface area (TPSA) is 44.9 Å². The minimum atomic E-state index is 0.802. The minimum Gasteiger partial charge on any atom is -0.497 e. The molecule has 0 radical (unpaired) electrons. The van der Waals surface area contributed by atoms with Crippen LogP contribution in [0, 0.1) is 0 Å². The molecule has 0 bridgehead atoms. The Balaban J connectivity index is 1.73. The third-order valence-corrected chi connectivity index (χ3v) is 6.51. The quantitative estimate of drug-likeness (QED) is 0.308. The fraction of sp³-hybridized carbons (Fsp3) is 0.0345. The SMILES string of the molecule is COc1cccc(-n2c3ccccc3c3c2nnc2c4ccccc4n(-c4ccccc4)c23)c1. The van der Waals surface area contributed by atoms with Gasteiger partial charge in [-0.3, -0.25) is 4.57 Å². The molecule has 0 aliphatic heterocycles. The summed E-state index contributed by atoms with van der Waals surface area (Å²) in [5, 5.41) is 12.9. The lowest BCUT2D eigenvalue weighted by Crippen LogP contribution is -1.98. The second-order valence-electron chi connectivity index (χ2n) is 8.34. The molecular weight excluding hydrogens is 420 g/mol. The summed E-state index contributed by atoms with van der Waals surface area (Å²) in [6.45, 7) is 0. The summed E-state index contributed by atoms with van der Waals surface area (Å²) in [5.74, 6) is 0.802. The van der Waals surface area contributed by atoms with E-state index in [9.17, 15) is 0 Å². The number of nitrogens with zero attached hydrogens (tertiary/aromatic N) is 4. The van der Waals surface area contributed by atoms with Crippen molar-refractivity contribution in [3.8, 4) is 17.1 Å². The lowest BCUT2D eigenvalue weighted by atomic mass is 10.1. The van der Waals surface area contributed by atoms with Crippen LogP contribution in [0.25, 0.3) is 55.2 Å². The van der Waals surface area contributed by atoms with Gasteiger partial charge >= 0.3 is 0 Å². The van der Waals surface area contributed by atoms with E-state index in [1.807, 2.05) is 24.3 Å². The molecule has 0 fully saturated rings. The number of rotatable bonds is 3. The molecule has 0 aliphatic rings. The number of ether oxygens (including phenoxy) is 1. The highest BCUT2D eigenvalue weighted by atomic mass is 16.5. The fourth-order valence-electron chi connectivity index (χ4n) is 5.06. The second kappa shape index (κ2) is 7.18. The summed E-state index contributed by atoms with van der Waals surface area (Å²) in [4.78, 5) is 0. The van der Waals surface area contributed by atoms with Gasteiger partial charge < -0.3 is 9.30 Å². The Kier molecular flexibility index (Phi) is 3.99. The lowest BCUT2D eigenvalue weighted by molar-refractivity contribution is 0.414. The third kappa shape index (κ3) is 2.55. The maximum atomic E-state index is 5.51. The number of hydrogen-bond acceptors (Lipinski definition) is 3. The van der Waals surface area contributed by atoms with E-state index in [-0.39, 0.29) is 0 Å². The maximum Gasteiger partial charge on any atom is 0.170 e. The first-order valence-corrected chi connectivity index (χ1v) is 11.2. The summed E-state index contributed by atoms with van der Waals surface area (Å²) < 4.78 is 9.99. The highest BCUT2D eigenvalue weighted by Gasteiger charge is 2.22. The van der Waals surface area contributed by atoms with E-state index in [4.69, 9.17) is 14.9 Å². The Morgan fingerprint density at radius 2 is 1.29 bits per heavy atom. The highest BCUT2D eigenvalue weighted by molar-refractivity contribution is 6.23. The first-order chi connectivity index (χ1) is 16.8. The zero-order chi connectivity index (χ0) is 22.6. The van der Waals surface area contributed by atoms with Crippen molar-refractivity contribution in [2.24, 2.45) is 0 Å². The Morgan fingerprint density at radius 1 is 0.618 bits per heavy atom. The molecule has 0 unspecified atom stereocenters. The molecule has 3 heterocycles. The van der Waals surface area contributed by atoms with Gasteiger partial charge in [-0.05, 0) is 36.4 Å². The van der Waals surface area contributed by atoms with Crippen LogP contribution in [0.15, 0.2) is 103 Å². The monoisotopic (exact) mass is 440 g/mol. The van der Waals surface area contributed by atoms with Crippen molar-refractivity contribution in [1.29, 1.82) is 0 Å². The normalized spacial score (nSPS) is 11.7. The summed E-state index contributed by atoms with van der Waals surface area (Å²) in [7, 11) is 1.69. The highest BCUT2D eigenvalue weighted by Crippen LogP contribution is 2.39. The van der Waals surface area contributed by atoms with Gasteiger partial charge in [-0.1, -0.05) is 60.7 Å². The van der Waals surface area contributed by atoms with Gasteiger partial charge in [0.2, 0.25) is 0 Å². The molecule has 5 heteroatoms.